The number of ether oxygens (including phenoxy) is 1. The van der Waals surface area contributed by atoms with E-state index in [1.54, 1.807) is 24.3 Å². The molecule has 0 saturated carbocycles. The van der Waals surface area contributed by atoms with Crippen LogP contribution in [0.3, 0.4) is 0 Å². The third-order valence-corrected chi connectivity index (χ3v) is 4.12. The van der Waals surface area contributed by atoms with Crippen molar-refractivity contribution >= 4 is 45.7 Å². The number of nitrogens with zero attached hydrogens (tertiary/aromatic N) is 2. The van der Waals surface area contributed by atoms with Crippen molar-refractivity contribution in [3.63, 3.8) is 0 Å². The predicted molar refractivity (Wildman–Crippen MR) is 102 cm³/mol. The fourth-order valence-electron chi connectivity index (χ4n) is 2.46. The van der Waals surface area contributed by atoms with Crippen LogP contribution in [0.2, 0.25) is 10.0 Å². The molecule has 3 aromatic rings. The van der Waals surface area contributed by atoms with Gasteiger partial charge in [-0.15, -0.1) is 0 Å². The Morgan fingerprint density at radius 2 is 1.96 bits per heavy atom. The minimum atomic E-state index is -0.388. The number of rotatable bonds is 5. The van der Waals surface area contributed by atoms with Crippen LogP contribution in [0.25, 0.3) is 10.9 Å². The summed E-state index contributed by atoms with van der Waals surface area (Å²) in [6.45, 7) is 2.28. The van der Waals surface area contributed by atoms with Crippen molar-refractivity contribution in [2.45, 2.75) is 13.5 Å². The number of aromatic nitrogens is 2. The van der Waals surface area contributed by atoms with E-state index in [4.69, 9.17) is 27.9 Å². The Hall–Kier alpha value is -2.57. The molecule has 0 fully saturated rings. The van der Waals surface area contributed by atoms with Gasteiger partial charge < -0.3 is 10.1 Å². The van der Waals surface area contributed by atoms with Crippen molar-refractivity contribution in [3.8, 4) is 5.75 Å². The van der Waals surface area contributed by atoms with E-state index < -0.39 is 0 Å². The van der Waals surface area contributed by atoms with Crippen molar-refractivity contribution in [2.24, 2.45) is 0 Å². The lowest BCUT2D eigenvalue weighted by atomic mass is 10.2. The summed E-state index contributed by atoms with van der Waals surface area (Å²) in [7, 11) is 0. The second kappa shape index (κ2) is 7.76. The van der Waals surface area contributed by atoms with Gasteiger partial charge in [0, 0.05) is 10.7 Å². The van der Waals surface area contributed by atoms with E-state index in [2.05, 4.69) is 10.3 Å². The van der Waals surface area contributed by atoms with E-state index in [-0.39, 0.29) is 28.4 Å². The summed E-state index contributed by atoms with van der Waals surface area (Å²) in [6, 6.07) is 9.97. The molecule has 0 aliphatic rings. The maximum Gasteiger partial charge on any atom is 0.261 e. The highest BCUT2D eigenvalue weighted by Gasteiger charge is 2.11. The highest BCUT2D eigenvalue weighted by molar-refractivity contribution is 6.38. The van der Waals surface area contributed by atoms with E-state index in [9.17, 15) is 9.59 Å². The molecule has 134 valence electrons. The standard InChI is InChI=1S/C18H15Cl2N3O3/c1-2-26-13-5-3-12(4-6-13)22-16(24)9-23-10-21-17-14(18(23)25)7-11(19)8-15(17)20/h3-8,10H,2,9H2,1H3,(H,22,24). The molecule has 0 aliphatic heterocycles. The van der Waals surface area contributed by atoms with Gasteiger partial charge in [-0.2, -0.15) is 0 Å². The lowest BCUT2D eigenvalue weighted by molar-refractivity contribution is -0.116. The molecule has 0 saturated heterocycles. The summed E-state index contributed by atoms with van der Waals surface area (Å²) in [5, 5.41) is 3.61. The van der Waals surface area contributed by atoms with Crippen LogP contribution in [0.15, 0.2) is 47.5 Å². The quantitative estimate of drug-likeness (QED) is 0.718. The maximum atomic E-state index is 12.5. The second-order valence-electron chi connectivity index (χ2n) is 5.47. The lowest BCUT2D eigenvalue weighted by Crippen LogP contribution is -2.28. The average molecular weight is 392 g/mol. The fraction of sp³-hybridized carbons (Fsp3) is 0.167. The molecule has 0 bridgehead atoms. The number of fused-ring (bicyclic) bond motifs is 1. The minimum absolute atomic E-state index is 0.181. The van der Waals surface area contributed by atoms with Crippen LogP contribution in [-0.4, -0.2) is 22.1 Å². The molecule has 8 heteroatoms. The molecule has 1 N–H and O–H groups in total. The minimum Gasteiger partial charge on any atom is -0.494 e. The molecule has 0 radical (unpaired) electrons. The van der Waals surface area contributed by atoms with Gasteiger partial charge in [0.05, 0.1) is 28.9 Å². The van der Waals surface area contributed by atoms with Gasteiger partial charge in [0.2, 0.25) is 5.91 Å². The Morgan fingerprint density at radius 1 is 1.23 bits per heavy atom. The maximum absolute atomic E-state index is 12.5. The first kappa shape index (κ1) is 18.2. The van der Waals surface area contributed by atoms with E-state index in [0.29, 0.717) is 28.6 Å². The van der Waals surface area contributed by atoms with Gasteiger partial charge in [-0.3, -0.25) is 14.2 Å². The number of nitrogens with one attached hydrogen (secondary N) is 1. The van der Waals surface area contributed by atoms with Gasteiger partial charge in [-0.25, -0.2) is 4.98 Å². The van der Waals surface area contributed by atoms with Crippen molar-refractivity contribution in [1.29, 1.82) is 0 Å². The van der Waals surface area contributed by atoms with Gasteiger partial charge in [0.15, 0.2) is 0 Å². The summed E-state index contributed by atoms with van der Waals surface area (Å²) in [5.74, 6) is 0.361. The molecule has 0 aliphatic carbocycles. The third-order valence-electron chi connectivity index (χ3n) is 3.61. The van der Waals surface area contributed by atoms with Gasteiger partial charge in [0.25, 0.3) is 5.56 Å². The molecule has 6 nitrogen and oxygen atoms in total. The molecule has 2 aromatic carbocycles. The topological polar surface area (TPSA) is 73.2 Å². The van der Waals surface area contributed by atoms with Crippen LogP contribution in [0.5, 0.6) is 5.75 Å². The van der Waals surface area contributed by atoms with Crippen LogP contribution < -0.4 is 15.6 Å². The van der Waals surface area contributed by atoms with Crippen LogP contribution in [0.4, 0.5) is 5.69 Å². The zero-order valence-corrected chi connectivity index (χ0v) is 15.3. The molecule has 0 atom stereocenters. The molecule has 1 amide bonds. The number of carbonyl (C=O) groups excluding carboxylic acids is 1. The zero-order valence-electron chi connectivity index (χ0n) is 13.8. The Labute approximate surface area is 159 Å². The molecule has 1 aromatic heterocycles. The number of carbonyl (C=O) groups is 1. The van der Waals surface area contributed by atoms with E-state index in [0.717, 1.165) is 0 Å². The van der Waals surface area contributed by atoms with Gasteiger partial charge in [0.1, 0.15) is 12.3 Å². The van der Waals surface area contributed by atoms with Gasteiger partial charge in [-0.1, -0.05) is 23.2 Å². The molecule has 1 heterocycles. The van der Waals surface area contributed by atoms with Crippen molar-refractivity contribution in [2.75, 3.05) is 11.9 Å². The average Bonchev–Trinajstić information content (AvgIpc) is 2.60. The highest BCUT2D eigenvalue weighted by atomic mass is 35.5. The second-order valence-corrected chi connectivity index (χ2v) is 6.31. The summed E-state index contributed by atoms with van der Waals surface area (Å²) in [5.41, 5.74) is 0.567. The van der Waals surface area contributed by atoms with Gasteiger partial charge >= 0.3 is 0 Å². The van der Waals surface area contributed by atoms with Crippen molar-refractivity contribution in [1.82, 2.24) is 9.55 Å². The van der Waals surface area contributed by atoms with E-state index in [1.165, 1.54) is 23.0 Å². The van der Waals surface area contributed by atoms with Crippen LogP contribution in [-0.2, 0) is 11.3 Å². The Bertz CT molecular complexity index is 1020. The molecular formula is C18H15Cl2N3O3. The summed E-state index contributed by atoms with van der Waals surface area (Å²) < 4.78 is 6.56. The number of hydrogen-bond acceptors (Lipinski definition) is 4. The Kier molecular flexibility index (Phi) is 5.44. The first-order valence-electron chi connectivity index (χ1n) is 7.85. The fourth-order valence-corrected chi connectivity index (χ4v) is 3.01. The number of anilines is 1. The smallest absolute Gasteiger partial charge is 0.261 e. The van der Waals surface area contributed by atoms with Crippen LogP contribution in [0.1, 0.15) is 6.92 Å². The predicted octanol–water partition coefficient (Wildman–Crippen LogP) is 3.74. The molecule has 3 rings (SSSR count). The number of benzene rings is 2. The highest BCUT2D eigenvalue weighted by Crippen LogP contribution is 2.24. The first-order valence-corrected chi connectivity index (χ1v) is 8.60. The number of hydrogen-bond donors (Lipinski definition) is 1. The molecule has 0 unspecified atom stereocenters. The summed E-state index contributed by atoms with van der Waals surface area (Å²) in [6.07, 6.45) is 1.29. The SMILES string of the molecule is CCOc1ccc(NC(=O)Cn2cnc3c(Cl)cc(Cl)cc3c2=O)cc1. The van der Waals surface area contributed by atoms with Gasteiger partial charge in [-0.05, 0) is 43.3 Å². The van der Waals surface area contributed by atoms with E-state index in [1.807, 2.05) is 6.92 Å². The number of amides is 1. The molecule has 26 heavy (non-hydrogen) atoms. The molecular weight excluding hydrogens is 377 g/mol. The summed E-state index contributed by atoms with van der Waals surface area (Å²) >= 11 is 12.0. The normalized spacial score (nSPS) is 10.7. The Morgan fingerprint density at radius 3 is 2.65 bits per heavy atom. The monoisotopic (exact) mass is 391 g/mol. The molecule has 0 spiro atoms. The first-order chi connectivity index (χ1) is 12.5. The zero-order chi connectivity index (χ0) is 18.7. The summed E-state index contributed by atoms with van der Waals surface area (Å²) in [4.78, 5) is 28.9. The number of halogens is 2. The van der Waals surface area contributed by atoms with Crippen molar-refractivity contribution in [3.05, 3.63) is 63.1 Å². The van der Waals surface area contributed by atoms with Crippen LogP contribution >= 0.6 is 23.2 Å². The third kappa shape index (κ3) is 3.98. The van der Waals surface area contributed by atoms with Crippen LogP contribution in [0, 0.1) is 0 Å². The Balaban J connectivity index is 1.79. The largest absolute Gasteiger partial charge is 0.494 e. The van der Waals surface area contributed by atoms with E-state index >= 15 is 0 Å². The van der Waals surface area contributed by atoms with Crippen molar-refractivity contribution < 1.29 is 9.53 Å². The lowest BCUT2D eigenvalue weighted by Gasteiger charge is -2.09.